The van der Waals surface area contributed by atoms with Gasteiger partial charge < -0.3 is 15.8 Å². The third-order valence-electron chi connectivity index (χ3n) is 3.06. The Hall–Kier alpha value is -2.49. The van der Waals surface area contributed by atoms with E-state index in [0.717, 1.165) is 11.3 Å². The molecule has 0 saturated carbocycles. The maximum atomic E-state index is 11.8. The van der Waals surface area contributed by atoms with Crippen molar-refractivity contribution in [3.63, 3.8) is 0 Å². The Labute approximate surface area is 124 Å². The smallest absolute Gasteiger partial charge is 0.224 e. The zero-order chi connectivity index (χ0) is 15.1. The zero-order valence-electron chi connectivity index (χ0n) is 12.1. The molecule has 0 radical (unpaired) electrons. The number of ether oxygens (including phenoxy) is 1. The number of hydrogen-bond acceptors (Lipinski definition) is 3. The molecule has 0 aliphatic heterocycles. The normalized spacial score (nSPS) is 10.1. The molecule has 21 heavy (non-hydrogen) atoms. The summed E-state index contributed by atoms with van der Waals surface area (Å²) in [6.07, 6.45) is 0.391. The molecule has 0 aliphatic carbocycles. The van der Waals surface area contributed by atoms with Crippen molar-refractivity contribution < 1.29 is 9.53 Å². The van der Waals surface area contributed by atoms with Crippen LogP contribution in [0.5, 0.6) is 5.75 Å². The molecule has 110 valence electrons. The summed E-state index contributed by atoms with van der Waals surface area (Å²) in [6.45, 7) is 2.94. The van der Waals surface area contributed by atoms with Gasteiger partial charge in [-0.1, -0.05) is 29.8 Å². The lowest BCUT2D eigenvalue weighted by Gasteiger charge is -2.08. The Morgan fingerprint density at radius 3 is 2.43 bits per heavy atom. The van der Waals surface area contributed by atoms with Crippen molar-refractivity contribution in [3.05, 3.63) is 59.7 Å². The molecule has 3 N–H and O–H groups in total. The first kappa shape index (κ1) is 14.9. The summed E-state index contributed by atoms with van der Waals surface area (Å²) in [4.78, 5) is 11.8. The van der Waals surface area contributed by atoms with Crippen LogP contribution >= 0.6 is 0 Å². The van der Waals surface area contributed by atoms with Crippen LogP contribution in [0.1, 0.15) is 11.1 Å². The van der Waals surface area contributed by atoms with Crippen LogP contribution in [0.25, 0.3) is 0 Å². The molecule has 2 aromatic carbocycles. The first-order chi connectivity index (χ1) is 10.1. The summed E-state index contributed by atoms with van der Waals surface area (Å²) in [7, 11) is 0. The van der Waals surface area contributed by atoms with Gasteiger partial charge >= 0.3 is 0 Å². The van der Waals surface area contributed by atoms with Crippen LogP contribution in [0.3, 0.4) is 0 Å². The highest BCUT2D eigenvalue weighted by Crippen LogP contribution is 2.12. The minimum Gasteiger partial charge on any atom is -0.492 e. The number of carbonyl (C=O) groups is 1. The van der Waals surface area contributed by atoms with E-state index in [-0.39, 0.29) is 5.91 Å². The van der Waals surface area contributed by atoms with Gasteiger partial charge in [-0.25, -0.2) is 0 Å². The number of benzene rings is 2. The molecule has 0 spiro atoms. The molecule has 0 unspecified atom stereocenters. The van der Waals surface area contributed by atoms with Crippen LogP contribution in [0, 0.1) is 6.92 Å². The number of carbonyl (C=O) groups excluding carboxylic acids is 1. The van der Waals surface area contributed by atoms with Gasteiger partial charge in [0.1, 0.15) is 12.4 Å². The number of nitrogens with one attached hydrogen (secondary N) is 1. The topological polar surface area (TPSA) is 64.3 Å². The number of amides is 1. The predicted molar refractivity (Wildman–Crippen MR) is 84.2 cm³/mol. The van der Waals surface area contributed by atoms with E-state index in [1.54, 1.807) is 12.1 Å². The van der Waals surface area contributed by atoms with Crippen molar-refractivity contribution in [1.82, 2.24) is 5.32 Å². The fourth-order valence-electron chi connectivity index (χ4n) is 1.88. The highest BCUT2D eigenvalue weighted by molar-refractivity contribution is 5.78. The number of hydrogen-bond donors (Lipinski definition) is 2. The van der Waals surface area contributed by atoms with Crippen molar-refractivity contribution in [2.24, 2.45) is 0 Å². The van der Waals surface area contributed by atoms with Crippen LogP contribution in [0.15, 0.2) is 48.5 Å². The molecule has 0 heterocycles. The largest absolute Gasteiger partial charge is 0.492 e. The predicted octanol–water partition coefficient (Wildman–Crippen LogP) is 2.31. The lowest BCUT2D eigenvalue weighted by molar-refractivity contribution is -0.120. The van der Waals surface area contributed by atoms with Crippen LogP contribution in [0.4, 0.5) is 5.69 Å². The molecular formula is C17H20N2O2. The van der Waals surface area contributed by atoms with E-state index in [9.17, 15) is 4.79 Å². The van der Waals surface area contributed by atoms with E-state index < -0.39 is 0 Å². The Bertz CT molecular complexity index is 577. The summed E-state index contributed by atoms with van der Waals surface area (Å²) in [5, 5.41) is 2.84. The SMILES string of the molecule is Cc1ccc(CC(=O)NCCOc2ccc(N)cc2)cc1. The zero-order valence-corrected chi connectivity index (χ0v) is 12.1. The van der Waals surface area contributed by atoms with E-state index in [0.29, 0.717) is 25.3 Å². The summed E-state index contributed by atoms with van der Waals surface area (Å²) >= 11 is 0. The minimum absolute atomic E-state index is 0.000223. The third-order valence-corrected chi connectivity index (χ3v) is 3.06. The highest BCUT2D eigenvalue weighted by atomic mass is 16.5. The van der Waals surface area contributed by atoms with Crippen LogP contribution in [-0.2, 0) is 11.2 Å². The maximum Gasteiger partial charge on any atom is 0.224 e. The van der Waals surface area contributed by atoms with Crippen LogP contribution < -0.4 is 15.8 Å². The van der Waals surface area contributed by atoms with Gasteiger partial charge in [-0.3, -0.25) is 4.79 Å². The van der Waals surface area contributed by atoms with Gasteiger partial charge in [0.25, 0.3) is 0 Å². The van der Waals surface area contributed by atoms with E-state index >= 15 is 0 Å². The van der Waals surface area contributed by atoms with E-state index in [4.69, 9.17) is 10.5 Å². The van der Waals surface area contributed by atoms with E-state index in [1.165, 1.54) is 5.56 Å². The van der Waals surface area contributed by atoms with Crippen molar-refractivity contribution in [2.45, 2.75) is 13.3 Å². The molecular weight excluding hydrogens is 264 g/mol. The molecule has 1 amide bonds. The summed E-state index contributed by atoms with van der Waals surface area (Å²) in [5.74, 6) is 0.747. The highest BCUT2D eigenvalue weighted by Gasteiger charge is 2.02. The lowest BCUT2D eigenvalue weighted by atomic mass is 10.1. The van der Waals surface area contributed by atoms with Gasteiger partial charge in [0, 0.05) is 5.69 Å². The third kappa shape index (κ3) is 5.18. The van der Waals surface area contributed by atoms with Crippen LogP contribution in [-0.4, -0.2) is 19.1 Å². The van der Waals surface area contributed by atoms with Gasteiger partial charge in [0.15, 0.2) is 0 Å². The molecule has 0 bridgehead atoms. The molecule has 2 rings (SSSR count). The second kappa shape index (κ2) is 7.33. The fourth-order valence-corrected chi connectivity index (χ4v) is 1.88. The Kier molecular flexibility index (Phi) is 5.21. The van der Waals surface area contributed by atoms with Crippen molar-refractivity contribution in [2.75, 3.05) is 18.9 Å². The molecule has 4 nitrogen and oxygen atoms in total. The summed E-state index contributed by atoms with van der Waals surface area (Å²) in [5.41, 5.74) is 8.50. The van der Waals surface area contributed by atoms with Gasteiger partial charge in [-0.05, 0) is 36.8 Å². The van der Waals surface area contributed by atoms with Crippen molar-refractivity contribution >= 4 is 11.6 Å². The molecule has 0 fully saturated rings. The first-order valence-electron chi connectivity index (χ1n) is 6.94. The number of rotatable bonds is 6. The number of nitrogens with two attached hydrogens (primary N) is 1. The van der Waals surface area contributed by atoms with Gasteiger partial charge in [-0.15, -0.1) is 0 Å². The molecule has 0 aliphatic rings. The fraction of sp³-hybridized carbons (Fsp3) is 0.235. The minimum atomic E-state index is -0.000223. The lowest BCUT2D eigenvalue weighted by Crippen LogP contribution is -2.29. The second-order valence-corrected chi connectivity index (χ2v) is 4.93. The van der Waals surface area contributed by atoms with Gasteiger partial charge in [-0.2, -0.15) is 0 Å². The number of nitrogen functional groups attached to an aromatic ring is 1. The molecule has 0 atom stereocenters. The Balaban J connectivity index is 1.67. The first-order valence-corrected chi connectivity index (χ1v) is 6.94. The number of aryl methyl sites for hydroxylation is 1. The van der Waals surface area contributed by atoms with Crippen LogP contribution in [0.2, 0.25) is 0 Å². The van der Waals surface area contributed by atoms with Crippen molar-refractivity contribution in [3.8, 4) is 5.75 Å². The number of anilines is 1. The monoisotopic (exact) mass is 284 g/mol. The van der Waals surface area contributed by atoms with E-state index in [1.807, 2.05) is 43.3 Å². The Morgan fingerprint density at radius 2 is 1.76 bits per heavy atom. The Morgan fingerprint density at radius 1 is 1.10 bits per heavy atom. The van der Waals surface area contributed by atoms with Crippen molar-refractivity contribution in [1.29, 1.82) is 0 Å². The van der Waals surface area contributed by atoms with E-state index in [2.05, 4.69) is 5.32 Å². The second-order valence-electron chi connectivity index (χ2n) is 4.93. The van der Waals surface area contributed by atoms with Gasteiger partial charge in [0.2, 0.25) is 5.91 Å². The average Bonchev–Trinajstić information content (AvgIpc) is 2.48. The quantitative estimate of drug-likeness (QED) is 0.632. The standard InChI is InChI=1S/C17H20N2O2/c1-13-2-4-14(5-3-13)12-17(20)19-10-11-21-16-8-6-15(18)7-9-16/h2-9H,10-12,18H2,1H3,(H,19,20). The molecule has 2 aromatic rings. The summed E-state index contributed by atoms with van der Waals surface area (Å²) < 4.78 is 5.51. The molecule has 0 saturated heterocycles. The molecule has 4 heteroatoms. The summed E-state index contributed by atoms with van der Waals surface area (Å²) in [6, 6.07) is 15.1. The molecule has 0 aromatic heterocycles. The maximum absolute atomic E-state index is 11.8. The van der Waals surface area contributed by atoms with Gasteiger partial charge in [0.05, 0.1) is 13.0 Å². The average molecular weight is 284 g/mol.